The molecule has 0 bridgehead atoms. The smallest absolute Gasteiger partial charge is 0.294 e. The van der Waals surface area contributed by atoms with E-state index >= 15 is 0 Å². The van der Waals surface area contributed by atoms with Gasteiger partial charge in [0.1, 0.15) is 0 Å². The molecule has 150 valence electrons. The van der Waals surface area contributed by atoms with Crippen LogP contribution in [0.5, 0.6) is 0 Å². The molecule has 1 aliphatic heterocycles. The highest BCUT2D eigenvalue weighted by atomic mass is 16.3. The first kappa shape index (κ1) is 20.3. The Hall–Kier alpha value is -3.48. The Morgan fingerprint density at radius 2 is 1.79 bits per heavy atom. The van der Waals surface area contributed by atoms with Crippen LogP contribution < -0.4 is 10.2 Å². The summed E-state index contributed by atoms with van der Waals surface area (Å²) in [7, 11) is 0. The van der Waals surface area contributed by atoms with Crippen molar-refractivity contribution in [1.82, 2.24) is 4.98 Å². The number of anilines is 2. The molecule has 3 rings (SSSR count). The van der Waals surface area contributed by atoms with Crippen molar-refractivity contribution in [3.05, 3.63) is 65.7 Å². The Labute approximate surface area is 169 Å². The van der Waals surface area contributed by atoms with Gasteiger partial charge in [-0.25, -0.2) is 0 Å². The molecule has 1 aromatic heterocycles. The number of amides is 2. The third-order valence-electron chi connectivity index (χ3n) is 4.60. The second kappa shape index (κ2) is 7.50. The van der Waals surface area contributed by atoms with E-state index in [9.17, 15) is 19.5 Å². The van der Waals surface area contributed by atoms with Gasteiger partial charge in [0.2, 0.25) is 5.91 Å². The van der Waals surface area contributed by atoms with E-state index in [0.29, 0.717) is 16.9 Å². The average Bonchev–Trinajstić information content (AvgIpc) is 2.92. The quantitative estimate of drug-likeness (QED) is 0.827. The standard InChI is InChI=1S/C22H23N3O4/c1-13(26)24-15-7-9-16(10-8-15)25-18(14-6-5-11-23-12-14)17(19(27)21(25)29)20(28)22(2,3)4/h5-12,18,27H,1-4H3,(H,24,26). The maximum Gasteiger partial charge on any atom is 0.294 e. The predicted molar refractivity (Wildman–Crippen MR) is 109 cm³/mol. The largest absolute Gasteiger partial charge is 0.503 e. The van der Waals surface area contributed by atoms with Crippen molar-refractivity contribution in [3.63, 3.8) is 0 Å². The van der Waals surface area contributed by atoms with Crippen molar-refractivity contribution in [3.8, 4) is 0 Å². The molecule has 0 saturated carbocycles. The Morgan fingerprint density at radius 1 is 1.14 bits per heavy atom. The van der Waals surface area contributed by atoms with Crippen LogP contribution in [-0.2, 0) is 14.4 Å². The van der Waals surface area contributed by atoms with Crippen LogP contribution in [0.1, 0.15) is 39.3 Å². The molecule has 0 spiro atoms. The number of pyridine rings is 1. The van der Waals surface area contributed by atoms with Crippen molar-refractivity contribution >= 4 is 29.0 Å². The topological polar surface area (TPSA) is 99.6 Å². The number of hydrogen-bond acceptors (Lipinski definition) is 5. The van der Waals surface area contributed by atoms with Gasteiger partial charge in [0.05, 0.1) is 11.6 Å². The lowest BCUT2D eigenvalue weighted by atomic mass is 9.82. The lowest BCUT2D eigenvalue weighted by Crippen LogP contribution is -2.32. The molecular formula is C22H23N3O4. The molecule has 2 aromatic rings. The highest BCUT2D eigenvalue weighted by Crippen LogP contribution is 2.43. The molecule has 7 heteroatoms. The Balaban J connectivity index is 2.10. The molecule has 0 fully saturated rings. The van der Waals surface area contributed by atoms with E-state index in [2.05, 4.69) is 10.3 Å². The number of carbonyl (C=O) groups excluding carboxylic acids is 3. The van der Waals surface area contributed by atoms with Crippen LogP contribution in [0.2, 0.25) is 0 Å². The fourth-order valence-corrected chi connectivity index (χ4v) is 3.27. The molecule has 1 atom stereocenters. The van der Waals surface area contributed by atoms with Crippen LogP contribution in [0.4, 0.5) is 11.4 Å². The zero-order valence-electron chi connectivity index (χ0n) is 16.8. The van der Waals surface area contributed by atoms with E-state index in [1.165, 1.54) is 11.8 Å². The third kappa shape index (κ3) is 3.89. The fraction of sp³-hybridized carbons (Fsp3) is 0.273. The van der Waals surface area contributed by atoms with Crippen molar-refractivity contribution in [1.29, 1.82) is 0 Å². The SMILES string of the molecule is CC(=O)Nc1ccc(N2C(=O)C(O)=C(C(=O)C(C)(C)C)C2c2cccnc2)cc1. The normalized spacial score (nSPS) is 16.9. The number of Topliss-reactive ketones (excluding diaryl/α,β-unsaturated/α-hetero) is 1. The summed E-state index contributed by atoms with van der Waals surface area (Å²) in [4.78, 5) is 42.8. The van der Waals surface area contributed by atoms with Gasteiger partial charge in [-0.2, -0.15) is 0 Å². The summed E-state index contributed by atoms with van der Waals surface area (Å²) in [5.41, 5.74) is 0.954. The predicted octanol–water partition coefficient (Wildman–Crippen LogP) is 3.56. The molecule has 1 aromatic carbocycles. The van der Waals surface area contributed by atoms with Gasteiger partial charge in [0.15, 0.2) is 11.5 Å². The number of aliphatic hydroxyl groups excluding tert-OH is 1. The molecule has 0 radical (unpaired) electrons. The minimum Gasteiger partial charge on any atom is -0.503 e. The summed E-state index contributed by atoms with van der Waals surface area (Å²) in [5.74, 6) is -1.72. The Morgan fingerprint density at radius 3 is 2.31 bits per heavy atom. The lowest BCUT2D eigenvalue weighted by Gasteiger charge is -2.28. The van der Waals surface area contributed by atoms with Crippen LogP contribution >= 0.6 is 0 Å². The monoisotopic (exact) mass is 393 g/mol. The zero-order valence-corrected chi connectivity index (χ0v) is 16.8. The van der Waals surface area contributed by atoms with Crippen LogP contribution in [0.3, 0.4) is 0 Å². The van der Waals surface area contributed by atoms with Gasteiger partial charge in [-0.3, -0.25) is 24.3 Å². The molecule has 2 amide bonds. The summed E-state index contributed by atoms with van der Waals surface area (Å²) in [6.07, 6.45) is 3.17. The van der Waals surface area contributed by atoms with E-state index < -0.39 is 23.1 Å². The number of hydrogen-bond donors (Lipinski definition) is 2. The summed E-state index contributed by atoms with van der Waals surface area (Å²) >= 11 is 0. The molecule has 2 heterocycles. The summed E-state index contributed by atoms with van der Waals surface area (Å²) in [6.45, 7) is 6.63. The summed E-state index contributed by atoms with van der Waals surface area (Å²) < 4.78 is 0. The number of rotatable bonds is 4. The van der Waals surface area contributed by atoms with Crippen molar-refractivity contribution < 1.29 is 19.5 Å². The van der Waals surface area contributed by atoms with E-state index in [1.807, 2.05) is 0 Å². The van der Waals surface area contributed by atoms with E-state index in [1.54, 1.807) is 69.6 Å². The first-order valence-electron chi connectivity index (χ1n) is 9.20. The van der Waals surface area contributed by atoms with Gasteiger partial charge >= 0.3 is 0 Å². The fourth-order valence-electron chi connectivity index (χ4n) is 3.27. The van der Waals surface area contributed by atoms with E-state index in [4.69, 9.17) is 0 Å². The first-order chi connectivity index (χ1) is 13.6. The summed E-state index contributed by atoms with van der Waals surface area (Å²) in [5, 5.41) is 13.3. The second-order valence-electron chi connectivity index (χ2n) is 7.93. The molecule has 0 saturated heterocycles. The van der Waals surface area contributed by atoms with Crippen LogP contribution in [-0.4, -0.2) is 27.7 Å². The third-order valence-corrected chi connectivity index (χ3v) is 4.60. The van der Waals surface area contributed by atoms with Crippen molar-refractivity contribution in [2.24, 2.45) is 5.41 Å². The van der Waals surface area contributed by atoms with E-state index in [-0.39, 0.29) is 17.3 Å². The van der Waals surface area contributed by atoms with Gasteiger partial charge in [0, 0.05) is 36.1 Å². The molecule has 1 aliphatic rings. The molecular weight excluding hydrogens is 370 g/mol. The molecule has 29 heavy (non-hydrogen) atoms. The molecule has 1 unspecified atom stereocenters. The van der Waals surface area contributed by atoms with Crippen molar-refractivity contribution in [2.45, 2.75) is 33.7 Å². The maximum atomic E-state index is 13.1. The van der Waals surface area contributed by atoms with Crippen LogP contribution in [0.15, 0.2) is 60.1 Å². The average molecular weight is 393 g/mol. The Bertz CT molecular complexity index is 989. The number of aromatic nitrogens is 1. The Kier molecular flexibility index (Phi) is 5.24. The van der Waals surface area contributed by atoms with Gasteiger partial charge in [-0.1, -0.05) is 26.8 Å². The van der Waals surface area contributed by atoms with Crippen LogP contribution in [0, 0.1) is 5.41 Å². The number of nitrogens with zero attached hydrogens (tertiary/aromatic N) is 2. The van der Waals surface area contributed by atoms with E-state index in [0.717, 1.165) is 0 Å². The van der Waals surface area contributed by atoms with Gasteiger partial charge in [-0.05, 0) is 35.9 Å². The molecule has 2 N–H and O–H groups in total. The minimum atomic E-state index is -0.797. The highest BCUT2D eigenvalue weighted by molar-refractivity contribution is 6.17. The lowest BCUT2D eigenvalue weighted by molar-refractivity contribution is -0.123. The number of carbonyl (C=O) groups is 3. The number of benzene rings is 1. The number of aliphatic hydroxyl groups is 1. The highest BCUT2D eigenvalue weighted by Gasteiger charge is 2.46. The maximum absolute atomic E-state index is 13.1. The van der Waals surface area contributed by atoms with Crippen molar-refractivity contribution in [2.75, 3.05) is 10.2 Å². The van der Waals surface area contributed by atoms with Gasteiger partial charge < -0.3 is 10.4 Å². The number of nitrogens with one attached hydrogen (secondary N) is 1. The summed E-state index contributed by atoms with van der Waals surface area (Å²) in [6, 6.07) is 9.31. The van der Waals surface area contributed by atoms with Crippen LogP contribution in [0.25, 0.3) is 0 Å². The van der Waals surface area contributed by atoms with Gasteiger partial charge in [-0.15, -0.1) is 0 Å². The minimum absolute atomic E-state index is 0.0569. The zero-order chi connectivity index (χ0) is 21.3. The van der Waals surface area contributed by atoms with Gasteiger partial charge in [0.25, 0.3) is 5.91 Å². The first-order valence-corrected chi connectivity index (χ1v) is 9.20. The second-order valence-corrected chi connectivity index (χ2v) is 7.93. The molecule has 7 nitrogen and oxygen atoms in total. The number of ketones is 1. The molecule has 0 aliphatic carbocycles.